The van der Waals surface area contributed by atoms with E-state index >= 15 is 0 Å². The fourth-order valence-electron chi connectivity index (χ4n) is 5.63. The zero-order valence-corrected chi connectivity index (χ0v) is 21.3. The van der Waals surface area contributed by atoms with E-state index in [1.165, 1.54) is 22.3 Å². The first-order valence-electron chi connectivity index (χ1n) is 12.3. The number of ether oxygens (including phenoxy) is 1. The number of likely N-dealkylation sites (tertiary alicyclic amines) is 1. The maximum Gasteiger partial charge on any atom is 0.200 e. The Labute approximate surface area is 210 Å². The van der Waals surface area contributed by atoms with Crippen LogP contribution in [-0.2, 0) is 0 Å². The molecule has 1 spiro atoms. The molecule has 5 heteroatoms. The molecule has 3 aliphatic heterocycles. The molecule has 174 valence electrons. The van der Waals surface area contributed by atoms with Crippen LogP contribution < -0.4 is 4.74 Å². The van der Waals surface area contributed by atoms with E-state index in [9.17, 15) is 0 Å². The van der Waals surface area contributed by atoms with Gasteiger partial charge in [-0.3, -0.25) is 0 Å². The van der Waals surface area contributed by atoms with E-state index in [2.05, 4.69) is 112 Å². The van der Waals surface area contributed by atoms with Crippen molar-refractivity contribution in [1.82, 2.24) is 9.91 Å². The average Bonchev–Trinajstić information content (AvgIpc) is 3.33. The van der Waals surface area contributed by atoms with Crippen LogP contribution in [0.5, 0.6) is 5.75 Å². The molecule has 0 amide bonds. The Morgan fingerprint density at radius 1 is 0.912 bits per heavy atom. The Morgan fingerprint density at radius 2 is 1.59 bits per heavy atom. The van der Waals surface area contributed by atoms with Gasteiger partial charge in [0.1, 0.15) is 5.75 Å². The van der Waals surface area contributed by atoms with Gasteiger partial charge in [0.25, 0.3) is 0 Å². The summed E-state index contributed by atoms with van der Waals surface area (Å²) >= 11 is 3.67. The van der Waals surface area contributed by atoms with E-state index in [1.807, 2.05) is 0 Å². The predicted octanol–water partition coefficient (Wildman–Crippen LogP) is 6.86. The van der Waals surface area contributed by atoms with Crippen LogP contribution in [0.25, 0.3) is 11.1 Å². The molecule has 0 aromatic heterocycles. The van der Waals surface area contributed by atoms with Crippen molar-refractivity contribution in [3.8, 4) is 16.9 Å². The largest absolute Gasteiger partial charge is 0.466 e. The highest BCUT2D eigenvalue weighted by molar-refractivity contribution is 9.10. The summed E-state index contributed by atoms with van der Waals surface area (Å²) in [4.78, 5) is 2.55. The smallest absolute Gasteiger partial charge is 0.200 e. The summed E-state index contributed by atoms with van der Waals surface area (Å²) in [5, 5.41) is 7.55. The number of piperidine rings is 1. The molecule has 0 aliphatic carbocycles. The van der Waals surface area contributed by atoms with Crippen molar-refractivity contribution in [2.24, 2.45) is 5.10 Å². The summed E-state index contributed by atoms with van der Waals surface area (Å²) in [7, 11) is 0. The van der Waals surface area contributed by atoms with Crippen LogP contribution in [0.15, 0.2) is 82.4 Å². The summed E-state index contributed by atoms with van der Waals surface area (Å²) in [6.45, 7) is 6.62. The van der Waals surface area contributed by atoms with Gasteiger partial charge in [-0.1, -0.05) is 70.5 Å². The lowest BCUT2D eigenvalue weighted by atomic mass is 9.90. The molecular formula is C29H30BrN3O. The molecule has 1 unspecified atom stereocenters. The Bertz CT molecular complexity index is 1210. The summed E-state index contributed by atoms with van der Waals surface area (Å²) in [6, 6.07) is 26.6. The van der Waals surface area contributed by atoms with Gasteiger partial charge in [0.2, 0.25) is 5.72 Å². The molecule has 1 saturated heterocycles. The molecule has 1 atom stereocenters. The third-order valence-electron chi connectivity index (χ3n) is 7.59. The predicted molar refractivity (Wildman–Crippen MR) is 141 cm³/mol. The molecule has 1 fully saturated rings. The van der Waals surface area contributed by atoms with Crippen LogP contribution >= 0.6 is 15.9 Å². The van der Waals surface area contributed by atoms with Crippen LogP contribution in [0.2, 0.25) is 0 Å². The van der Waals surface area contributed by atoms with E-state index in [0.29, 0.717) is 6.04 Å². The second-order valence-corrected chi connectivity index (χ2v) is 10.8. The molecule has 3 heterocycles. The van der Waals surface area contributed by atoms with Crippen molar-refractivity contribution < 1.29 is 4.74 Å². The zero-order valence-electron chi connectivity index (χ0n) is 19.7. The lowest BCUT2D eigenvalue weighted by Crippen LogP contribution is -2.59. The van der Waals surface area contributed by atoms with Gasteiger partial charge in [0, 0.05) is 48.4 Å². The second-order valence-electron chi connectivity index (χ2n) is 9.91. The standard InChI is InChI=1S/C29H30BrN3O/c1-20(2)32-16-14-29(15-17-32)33-27(25-18-24(30)12-13-28(25)34-29)19-26(31-33)23-10-8-22(9-11-23)21-6-4-3-5-7-21/h3-13,18,20,27H,14-17,19H2,1-2H3. The molecule has 34 heavy (non-hydrogen) atoms. The average molecular weight is 516 g/mol. The molecule has 3 aliphatic rings. The van der Waals surface area contributed by atoms with Gasteiger partial charge in [-0.15, -0.1) is 0 Å². The number of hydrogen-bond donors (Lipinski definition) is 0. The van der Waals surface area contributed by atoms with Crippen molar-refractivity contribution in [2.45, 2.75) is 50.9 Å². The number of hydrogen-bond acceptors (Lipinski definition) is 4. The minimum atomic E-state index is -0.372. The molecular weight excluding hydrogens is 486 g/mol. The first kappa shape index (κ1) is 21.9. The van der Waals surface area contributed by atoms with Crippen molar-refractivity contribution in [1.29, 1.82) is 0 Å². The van der Waals surface area contributed by atoms with Crippen LogP contribution in [0.1, 0.15) is 50.3 Å². The number of fused-ring (bicyclic) bond motifs is 4. The number of rotatable bonds is 3. The maximum atomic E-state index is 6.79. The van der Waals surface area contributed by atoms with E-state index in [1.54, 1.807) is 0 Å². The highest BCUT2D eigenvalue weighted by Gasteiger charge is 2.52. The van der Waals surface area contributed by atoms with Gasteiger partial charge in [-0.25, -0.2) is 5.01 Å². The third-order valence-corrected chi connectivity index (χ3v) is 8.09. The first-order valence-corrected chi connectivity index (χ1v) is 13.1. The van der Waals surface area contributed by atoms with Crippen LogP contribution in [0, 0.1) is 0 Å². The zero-order chi connectivity index (χ0) is 23.3. The van der Waals surface area contributed by atoms with Crippen LogP contribution in [0.3, 0.4) is 0 Å². The van der Waals surface area contributed by atoms with Crippen molar-refractivity contribution in [3.05, 3.63) is 88.4 Å². The Morgan fingerprint density at radius 3 is 2.29 bits per heavy atom. The molecule has 0 saturated carbocycles. The Hall–Kier alpha value is -2.63. The summed E-state index contributed by atoms with van der Waals surface area (Å²) in [5.74, 6) is 1.01. The van der Waals surface area contributed by atoms with Gasteiger partial charge >= 0.3 is 0 Å². The number of nitrogens with zero attached hydrogens (tertiary/aromatic N) is 3. The topological polar surface area (TPSA) is 28.1 Å². The second kappa shape index (κ2) is 8.54. The quantitative estimate of drug-likeness (QED) is 0.381. The monoisotopic (exact) mass is 515 g/mol. The highest BCUT2D eigenvalue weighted by atomic mass is 79.9. The molecule has 0 N–H and O–H groups in total. The molecule has 6 rings (SSSR count). The minimum absolute atomic E-state index is 0.204. The normalized spacial score (nSPS) is 21.2. The fraction of sp³-hybridized carbons (Fsp3) is 0.345. The summed E-state index contributed by atoms with van der Waals surface area (Å²) in [5.41, 5.74) is 5.67. The SMILES string of the molecule is CC(C)N1CCC2(CC1)Oc1ccc(Br)cc1C1CC(c3ccc(-c4ccccc4)cc3)=NN12. The lowest BCUT2D eigenvalue weighted by Gasteiger charge is -2.51. The van der Waals surface area contributed by atoms with Crippen LogP contribution in [0.4, 0.5) is 0 Å². The molecule has 0 radical (unpaired) electrons. The van der Waals surface area contributed by atoms with E-state index in [4.69, 9.17) is 9.84 Å². The molecule has 4 nitrogen and oxygen atoms in total. The number of benzene rings is 3. The Kier molecular flexibility index (Phi) is 5.50. The highest BCUT2D eigenvalue weighted by Crippen LogP contribution is 2.50. The first-order chi connectivity index (χ1) is 16.5. The van der Waals surface area contributed by atoms with Gasteiger partial charge in [-0.05, 0) is 48.7 Å². The third kappa shape index (κ3) is 3.75. The Balaban J connectivity index is 1.34. The van der Waals surface area contributed by atoms with Crippen molar-refractivity contribution in [3.63, 3.8) is 0 Å². The van der Waals surface area contributed by atoms with Gasteiger partial charge in [0.15, 0.2) is 0 Å². The molecule has 3 aromatic carbocycles. The van der Waals surface area contributed by atoms with Crippen molar-refractivity contribution in [2.75, 3.05) is 13.1 Å². The van der Waals surface area contributed by atoms with Crippen molar-refractivity contribution >= 4 is 21.6 Å². The lowest BCUT2D eigenvalue weighted by molar-refractivity contribution is -0.152. The van der Waals surface area contributed by atoms with Gasteiger partial charge in [-0.2, -0.15) is 5.10 Å². The molecule has 3 aromatic rings. The fourth-order valence-corrected chi connectivity index (χ4v) is 6.01. The van der Waals surface area contributed by atoms with Crippen LogP contribution in [-0.4, -0.2) is 40.5 Å². The van der Waals surface area contributed by atoms with E-state index < -0.39 is 0 Å². The maximum absolute atomic E-state index is 6.79. The summed E-state index contributed by atoms with van der Waals surface area (Å²) < 4.78 is 7.87. The minimum Gasteiger partial charge on any atom is -0.466 e. The summed E-state index contributed by atoms with van der Waals surface area (Å²) in [6.07, 6.45) is 2.81. The van der Waals surface area contributed by atoms with Gasteiger partial charge in [0.05, 0.1) is 11.8 Å². The van der Waals surface area contributed by atoms with E-state index in [0.717, 1.165) is 48.3 Å². The van der Waals surface area contributed by atoms with Gasteiger partial charge < -0.3 is 9.64 Å². The van der Waals surface area contributed by atoms with E-state index in [-0.39, 0.29) is 11.8 Å². The number of halogens is 1. The number of hydrazone groups is 1. The molecule has 0 bridgehead atoms.